The van der Waals surface area contributed by atoms with E-state index in [1.807, 2.05) is 25.1 Å². The number of rotatable bonds is 11. The van der Waals surface area contributed by atoms with E-state index in [1.54, 1.807) is 54.6 Å². The molecule has 0 radical (unpaired) electrons. The van der Waals surface area contributed by atoms with Crippen molar-refractivity contribution in [3.05, 3.63) is 85.8 Å². The molecule has 1 aliphatic heterocycles. The Labute approximate surface area is 248 Å². The van der Waals surface area contributed by atoms with Gasteiger partial charge in [0.1, 0.15) is 12.4 Å². The average Bonchev–Trinajstić information content (AvgIpc) is 3.17. The Morgan fingerprint density at radius 3 is 2.51 bits per heavy atom. The van der Waals surface area contributed by atoms with Crippen LogP contribution in [0.25, 0.3) is 6.08 Å². The first-order valence-electron chi connectivity index (χ1n) is 11.9. The number of carbonyl (C=O) groups is 3. The summed E-state index contributed by atoms with van der Waals surface area (Å²) in [5.41, 5.74) is 1.33. The van der Waals surface area contributed by atoms with E-state index in [-0.39, 0.29) is 30.9 Å². The van der Waals surface area contributed by atoms with Crippen LogP contribution in [-0.2, 0) is 9.59 Å². The monoisotopic (exact) mass is 678 g/mol. The number of amides is 3. The number of nitrogens with zero attached hydrogens (tertiary/aromatic N) is 1. The number of ether oxygens (including phenoxy) is 3. The molecule has 0 aliphatic carbocycles. The average molecular weight is 679 g/mol. The minimum absolute atomic E-state index is 0.115. The predicted octanol–water partition coefficient (Wildman–Crippen LogP) is 6.48. The maximum Gasteiger partial charge on any atom is 0.293 e. The molecule has 0 atom stereocenters. The number of hydrogen-bond donors (Lipinski definition) is 1. The summed E-state index contributed by atoms with van der Waals surface area (Å²) in [5, 5.41) is 3.00. The third-order valence-corrected chi connectivity index (χ3v) is 7.27. The molecule has 39 heavy (non-hydrogen) atoms. The van der Waals surface area contributed by atoms with Gasteiger partial charge in [-0.1, -0.05) is 29.8 Å². The summed E-state index contributed by atoms with van der Waals surface area (Å²) in [6, 6.07) is 19.5. The molecule has 0 bridgehead atoms. The molecule has 1 fully saturated rings. The Kier molecular flexibility index (Phi) is 10.1. The van der Waals surface area contributed by atoms with E-state index < -0.39 is 5.91 Å². The van der Waals surface area contributed by atoms with E-state index in [1.165, 1.54) is 0 Å². The van der Waals surface area contributed by atoms with Crippen LogP contribution in [0, 0.1) is 3.57 Å². The summed E-state index contributed by atoms with van der Waals surface area (Å²) in [7, 11) is 0. The van der Waals surface area contributed by atoms with Crippen LogP contribution in [0.2, 0.25) is 5.02 Å². The largest absolute Gasteiger partial charge is 0.492 e. The lowest BCUT2D eigenvalue weighted by atomic mass is 10.2. The van der Waals surface area contributed by atoms with Gasteiger partial charge < -0.3 is 19.5 Å². The minimum Gasteiger partial charge on any atom is -0.492 e. The molecule has 11 heteroatoms. The lowest BCUT2D eigenvalue weighted by Crippen LogP contribution is -2.32. The topological polar surface area (TPSA) is 94.2 Å². The van der Waals surface area contributed by atoms with Gasteiger partial charge >= 0.3 is 0 Å². The van der Waals surface area contributed by atoms with Crippen molar-refractivity contribution >= 4 is 74.8 Å². The second-order valence-electron chi connectivity index (χ2n) is 8.10. The molecule has 1 aliphatic rings. The van der Waals surface area contributed by atoms with Gasteiger partial charge in [0.25, 0.3) is 17.1 Å². The summed E-state index contributed by atoms with van der Waals surface area (Å²) in [6.45, 7) is 2.27. The molecule has 3 amide bonds. The molecule has 1 heterocycles. The van der Waals surface area contributed by atoms with Gasteiger partial charge in [0.15, 0.2) is 18.1 Å². The number of halogens is 2. The second-order valence-corrected chi connectivity index (χ2v) is 10.7. The predicted molar refractivity (Wildman–Crippen MR) is 161 cm³/mol. The third-order valence-electron chi connectivity index (χ3n) is 5.31. The van der Waals surface area contributed by atoms with E-state index in [0.29, 0.717) is 48.6 Å². The third kappa shape index (κ3) is 7.90. The molecule has 0 aromatic heterocycles. The molecule has 1 N–H and O–H groups in total. The zero-order valence-electron chi connectivity index (χ0n) is 20.8. The summed E-state index contributed by atoms with van der Waals surface area (Å²) in [5.74, 6) is 0.747. The van der Waals surface area contributed by atoms with Crippen molar-refractivity contribution in [2.75, 3.05) is 31.7 Å². The molecule has 0 spiro atoms. The number of imide groups is 1. The second kappa shape index (κ2) is 13.7. The van der Waals surface area contributed by atoms with Gasteiger partial charge in [0, 0.05) is 10.7 Å². The zero-order valence-corrected chi connectivity index (χ0v) is 24.5. The molecule has 3 aromatic rings. The number of anilines is 1. The summed E-state index contributed by atoms with van der Waals surface area (Å²) in [6.07, 6.45) is 1.64. The van der Waals surface area contributed by atoms with Gasteiger partial charge in [-0.3, -0.25) is 19.3 Å². The number of thioether (sulfide) groups is 1. The van der Waals surface area contributed by atoms with Crippen LogP contribution < -0.4 is 19.5 Å². The highest BCUT2D eigenvalue weighted by Gasteiger charge is 2.35. The first kappa shape index (κ1) is 28.8. The SMILES string of the molecule is CCOc1cc(/C=C2\SC(=O)N(CCOc3ccc(Cl)cc3)C2=O)cc(I)c1OCC(=O)Nc1ccccc1. The van der Waals surface area contributed by atoms with Gasteiger partial charge in [-0.2, -0.15) is 0 Å². The van der Waals surface area contributed by atoms with E-state index in [4.69, 9.17) is 25.8 Å². The number of carbonyl (C=O) groups excluding carboxylic acids is 3. The van der Waals surface area contributed by atoms with Crippen LogP contribution in [0.4, 0.5) is 10.5 Å². The van der Waals surface area contributed by atoms with E-state index in [0.717, 1.165) is 16.7 Å². The number of hydrogen-bond acceptors (Lipinski definition) is 7. The molecule has 0 saturated carbocycles. The van der Waals surface area contributed by atoms with E-state index >= 15 is 0 Å². The first-order valence-corrected chi connectivity index (χ1v) is 14.2. The van der Waals surface area contributed by atoms with Crippen molar-refractivity contribution in [1.82, 2.24) is 4.90 Å². The normalized spacial score (nSPS) is 14.0. The lowest BCUT2D eigenvalue weighted by molar-refractivity contribution is -0.123. The van der Waals surface area contributed by atoms with Crippen LogP contribution in [0.5, 0.6) is 17.2 Å². The van der Waals surface area contributed by atoms with Crippen molar-refractivity contribution in [3.63, 3.8) is 0 Å². The number of benzene rings is 3. The Morgan fingerprint density at radius 1 is 1.05 bits per heavy atom. The highest BCUT2D eigenvalue weighted by molar-refractivity contribution is 14.1. The summed E-state index contributed by atoms with van der Waals surface area (Å²) >= 11 is 8.83. The van der Waals surface area contributed by atoms with Gasteiger partial charge in [-0.15, -0.1) is 0 Å². The quantitative estimate of drug-likeness (QED) is 0.183. The number of nitrogens with one attached hydrogen (secondary N) is 1. The standard InChI is InChI=1S/C28H24ClIN2O6S/c1-2-36-23-15-18(14-22(30)26(23)38-17-25(33)31-20-6-4-3-5-7-20)16-24-27(34)32(28(35)39-24)12-13-37-21-10-8-19(29)9-11-21/h3-11,14-16H,2,12-13,17H2,1H3,(H,31,33)/b24-16-. The van der Waals surface area contributed by atoms with Crippen molar-refractivity contribution in [1.29, 1.82) is 0 Å². The smallest absolute Gasteiger partial charge is 0.293 e. The molecule has 0 unspecified atom stereocenters. The Morgan fingerprint density at radius 2 is 1.79 bits per heavy atom. The van der Waals surface area contributed by atoms with Crippen LogP contribution in [0.1, 0.15) is 12.5 Å². The van der Waals surface area contributed by atoms with Crippen molar-refractivity contribution < 1.29 is 28.6 Å². The maximum absolute atomic E-state index is 12.9. The zero-order chi connectivity index (χ0) is 27.8. The fraction of sp³-hybridized carbons (Fsp3) is 0.179. The first-order chi connectivity index (χ1) is 18.8. The molecule has 8 nitrogen and oxygen atoms in total. The van der Waals surface area contributed by atoms with Crippen molar-refractivity contribution in [3.8, 4) is 17.2 Å². The Hall–Kier alpha value is -3.22. The van der Waals surface area contributed by atoms with Gasteiger partial charge in [0.2, 0.25) is 0 Å². The van der Waals surface area contributed by atoms with Crippen LogP contribution in [0.15, 0.2) is 71.6 Å². The molecule has 202 valence electrons. The highest BCUT2D eigenvalue weighted by atomic mass is 127. The van der Waals surface area contributed by atoms with Gasteiger partial charge in [-0.25, -0.2) is 0 Å². The van der Waals surface area contributed by atoms with Crippen LogP contribution >= 0.6 is 46.0 Å². The van der Waals surface area contributed by atoms with Crippen molar-refractivity contribution in [2.24, 2.45) is 0 Å². The van der Waals surface area contributed by atoms with Gasteiger partial charge in [0.05, 0.1) is 21.6 Å². The molecule has 4 rings (SSSR count). The fourth-order valence-electron chi connectivity index (χ4n) is 3.56. The van der Waals surface area contributed by atoms with Gasteiger partial charge in [-0.05, 0) is 101 Å². The minimum atomic E-state index is -0.393. The maximum atomic E-state index is 12.9. The van der Waals surface area contributed by atoms with Crippen LogP contribution in [0.3, 0.4) is 0 Å². The molecular formula is C28H24ClIN2O6S. The van der Waals surface area contributed by atoms with E-state index in [9.17, 15) is 14.4 Å². The Bertz CT molecular complexity index is 1380. The summed E-state index contributed by atoms with van der Waals surface area (Å²) < 4.78 is 17.9. The molecule has 3 aromatic carbocycles. The van der Waals surface area contributed by atoms with E-state index in [2.05, 4.69) is 27.9 Å². The van der Waals surface area contributed by atoms with Crippen molar-refractivity contribution in [2.45, 2.75) is 6.92 Å². The highest BCUT2D eigenvalue weighted by Crippen LogP contribution is 2.37. The Balaban J connectivity index is 1.41. The van der Waals surface area contributed by atoms with Crippen LogP contribution in [-0.4, -0.2) is 48.3 Å². The molecule has 1 saturated heterocycles. The molecular weight excluding hydrogens is 655 g/mol. The number of para-hydroxylation sites is 1. The fourth-order valence-corrected chi connectivity index (χ4v) is 5.33. The summed E-state index contributed by atoms with van der Waals surface area (Å²) in [4.78, 5) is 39.2. The lowest BCUT2D eigenvalue weighted by Gasteiger charge is -2.15.